The molecule has 4 rings (SSSR count). The summed E-state index contributed by atoms with van der Waals surface area (Å²) in [7, 11) is 0. The Balaban J connectivity index is 1.56. The molecule has 6 heteroatoms. The van der Waals surface area contributed by atoms with Gasteiger partial charge in [-0.1, -0.05) is 55.9 Å². The number of nitrogens with one attached hydrogen (secondary N) is 3. The van der Waals surface area contributed by atoms with Crippen molar-refractivity contribution < 1.29 is 4.79 Å². The molecule has 4 nitrogen and oxygen atoms in total. The lowest BCUT2D eigenvalue weighted by molar-refractivity contribution is -0.117. The fourth-order valence-electron chi connectivity index (χ4n) is 3.94. The maximum Gasteiger partial charge on any atom is 0.261 e. The highest BCUT2D eigenvalue weighted by Gasteiger charge is 2.47. The van der Waals surface area contributed by atoms with E-state index < -0.39 is 0 Å². The van der Waals surface area contributed by atoms with Crippen molar-refractivity contribution in [1.82, 2.24) is 16.0 Å². The van der Waals surface area contributed by atoms with Crippen molar-refractivity contribution in [2.24, 2.45) is 11.8 Å². The van der Waals surface area contributed by atoms with Gasteiger partial charge in [0.15, 0.2) is 0 Å². The molecule has 0 radical (unpaired) electrons. The molecule has 0 spiro atoms. The van der Waals surface area contributed by atoms with Crippen LogP contribution in [0.2, 0.25) is 0 Å². The summed E-state index contributed by atoms with van der Waals surface area (Å²) >= 11 is 3.43. The van der Waals surface area contributed by atoms with Gasteiger partial charge in [0, 0.05) is 17.7 Å². The number of carbonyl (C=O) groups excluding carboxylic acids is 1. The zero-order valence-electron chi connectivity index (χ0n) is 13.9. The molecule has 3 aliphatic heterocycles. The van der Waals surface area contributed by atoms with Crippen LogP contribution in [-0.2, 0) is 4.79 Å². The Bertz CT molecular complexity index is 663. The lowest BCUT2D eigenvalue weighted by Gasteiger charge is -2.40. The average molecular weight is 362 g/mol. The highest BCUT2D eigenvalue weighted by Crippen LogP contribution is 2.50. The molecule has 1 aromatic rings. The molecule has 3 aliphatic rings. The fraction of sp³-hybridized carbons (Fsp3) is 0.500. The van der Waals surface area contributed by atoms with Crippen LogP contribution in [0.15, 0.2) is 40.9 Å². The van der Waals surface area contributed by atoms with Gasteiger partial charge in [0.25, 0.3) is 5.91 Å². The minimum atomic E-state index is -0.000327. The Kier molecular flexibility index (Phi) is 4.54. The average Bonchev–Trinajstić information content (AvgIpc) is 2.96. The van der Waals surface area contributed by atoms with Gasteiger partial charge in [0.2, 0.25) is 0 Å². The lowest BCUT2D eigenvalue weighted by Crippen LogP contribution is -2.51. The summed E-state index contributed by atoms with van der Waals surface area (Å²) in [6.45, 7) is 4.44. The van der Waals surface area contributed by atoms with Gasteiger partial charge in [-0.05, 0) is 23.7 Å². The van der Waals surface area contributed by atoms with E-state index in [1.54, 1.807) is 23.5 Å². The van der Waals surface area contributed by atoms with Gasteiger partial charge in [-0.2, -0.15) is 0 Å². The molecule has 0 aromatic heterocycles. The van der Waals surface area contributed by atoms with Crippen molar-refractivity contribution in [1.29, 1.82) is 0 Å². The van der Waals surface area contributed by atoms with E-state index in [0.29, 0.717) is 17.9 Å². The topological polar surface area (TPSA) is 53.2 Å². The number of amides is 1. The number of fused-ring (bicyclic) bond motifs is 2. The van der Waals surface area contributed by atoms with Crippen molar-refractivity contribution in [3.05, 3.63) is 46.5 Å². The van der Waals surface area contributed by atoms with Gasteiger partial charge < -0.3 is 10.6 Å². The molecule has 0 bridgehead atoms. The van der Waals surface area contributed by atoms with Gasteiger partial charge in [-0.25, -0.2) is 0 Å². The second-order valence-electron chi connectivity index (χ2n) is 6.60. The number of thioether (sulfide) groups is 2. The van der Waals surface area contributed by atoms with Crippen LogP contribution in [0.4, 0.5) is 0 Å². The molecule has 128 valence electrons. The Morgan fingerprint density at radius 2 is 2.04 bits per heavy atom. The second-order valence-corrected chi connectivity index (χ2v) is 9.14. The van der Waals surface area contributed by atoms with Crippen LogP contribution < -0.4 is 16.0 Å². The second kappa shape index (κ2) is 6.65. The largest absolute Gasteiger partial charge is 0.359 e. The number of carbonyl (C=O) groups is 1. The van der Waals surface area contributed by atoms with E-state index in [4.69, 9.17) is 0 Å². The van der Waals surface area contributed by atoms with Crippen LogP contribution >= 0.6 is 23.5 Å². The third-order valence-corrected chi connectivity index (χ3v) is 7.25. The molecule has 24 heavy (non-hydrogen) atoms. The molecular formula is C18H23N3OS2. The van der Waals surface area contributed by atoms with E-state index in [1.807, 2.05) is 0 Å². The van der Waals surface area contributed by atoms with Crippen molar-refractivity contribution in [2.45, 2.75) is 37.2 Å². The van der Waals surface area contributed by atoms with Gasteiger partial charge in [0.05, 0.1) is 10.3 Å². The van der Waals surface area contributed by atoms with E-state index in [1.165, 1.54) is 5.56 Å². The lowest BCUT2D eigenvalue weighted by atomic mass is 9.80. The summed E-state index contributed by atoms with van der Waals surface area (Å²) < 4.78 is 0. The van der Waals surface area contributed by atoms with Crippen LogP contribution in [0.25, 0.3) is 0 Å². The predicted octanol–water partition coefficient (Wildman–Crippen LogP) is 3.01. The molecule has 3 heterocycles. The number of benzene rings is 1. The third kappa shape index (κ3) is 2.85. The van der Waals surface area contributed by atoms with Crippen LogP contribution in [0.5, 0.6) is 0 Å². The van der Waals surface area contributed by atoms with E-state index >= 15 is 0 Å². The molecule has 5 unspecified atom stereocenters. The van der Waals surface area contributed by atoms with Gasteiger partial charge >= 0.3 is 0 Å². The Morgan fingerprint density at radius 3 is 2.79 bits per heavy atom. The molecule has 5 atom stereocenters. The first-order chi connectivity index (χ1) is 11.7. The maximum atomic E-state index is 12.5. The molecular weight excluding hydrogens is 338 g/mol. The summed E-state index contributed by atoms with van der Waals surface area (Å²) in [5.74, 6) is 1.98. The summed E-state index contributed by atoms with van der Waals surface area (Å²) in [6.07, 6.45) is 1.09. The number of rotatable bonds is 3. The van der Waals surface area contributed by atoms with Gasteiger partial charge in [-0.3, -0.25) is 10.1 Å². The first kappa shape index (κ1) is 16.4. The normalized spacial score (nSPS) is 35.1. The highest BCUT2D eigenvalue weighted by molar-refractivity contribution is 8.04. The van der Waals surface area contributed by atoms with E-state index in [0.717, 1.165) is 22.8 Å². The SMILES string of the molecule is CCSC1NC(=O)C2=C(N1)C1C(C)CC(c3ccccc3)NC1S2. The quantitative estimate of drug-likeness (QED) is 0.773. The Morgan fingerprint density at radius 1 is 1.25 bits per heavy atom. The Hall–Kier alpha value is -1.11. The third-order valence-electron chi connectivity index (χ3n) is 5.03. The highest BCUT2D eigenvalue weighted by atomic mass is 32.2. The molecule has 1 saturated heterocycles. The van der Waals surface area contributed by atoms with Gasteiger partial charge in [-0.15, -0.1) is 11.8 Å². The summed E-state index contributed by atoms with van der Waals surface area (Å²) in [5, 5.41) is 10.7. The van der Waals surface area contributed by atoms with Crippen molar-refractivity contribution in [3.8, 4) is 0 Å². The van der Waals surface area contributed by atoms with E-state index in [2.05, 4.69) is 60.1 Å². The summed E-state index contributed by atoms with van der Waals surface area (Å²) in [5.41, 5.74) is 2.50. The van der Waals surface area contributed by atoms with Crippen LogP contribution in [-0.4, -0.2) is 22.5 Å². The van der Waals surface area contributed by atoms with E-state index in [9.17, 15) is 4.79 Å². The fourth-order valence-corrected chi connectivity index (χ4v) is 6.20. The van der Waals surface area contributed by atoms with Crippen molar-refractivity contribution in [2.75, 3.05) is 5.75 Å². The Labute approximate surface area is 151 Å². The first-order valence-electron chi connectivity index (χ1n) is 8.58. The molecule has 0 aliphatic carbocycles. The minimum Gasteiger partial charge on any atom is -0.359 e. The smallest absolute Gasteiger partial charge is 0.261 e. The predicted molar refractivity (Wildman–Crippen MR) is 101 cm³/mol. The number of hydrogen-bond acceptors (Lipinski definition) is 5. The monoisotopic (exact) mass is 361 g/mol. The zero-order valence-corrected chi connectivity index (χ0v) is 15.5. The standard InChI is InChI=1S/C18H23N3OS2/c1-3-23-18-20-14-13-10(2)9-12(11-7-5-4-6-8-11)19-17(13)24-15(14)16(22)21-18/h4-8,10,12-13,17-20H,3,9H2,1-2H3,(H,21,22). The maximum absolute atomic E-state index is 12.5. The molecule has 1 fully saturated rings. The van der Waals surface area contributed by atoms with Gasteiger partial charge in [0.1, 0.15) is 5.50 Å². The zero-order chi connectivity index (χ0) is 16.7. The van der Waals surface area contributed by atoms with Crippen molar-refractivity contribution in [3.63, 3.8) is 0 Å². The number of hydrogen-bond donors (Lipinski definition) is 3. The van der Waals surface area contributed by atoms with Crippen LogP contribution in [0.1, 0.15) is 31.9 Å². The van der Waals surface area contributed by atoms with Crippen molar-refractivity contribution >= 4 is 29.4 Å². The summed E-state index contributed by atoms with van der Waals surface area (Å²) in [4.78, 5) is 13.4. The molecule has 1 amide bonds. The van der Waals surface area contributed by atoms with Crippen LogP contribution in [0.3, 0.4) is 0 Å². The first-order valence-corrected chi connectivity index (χ1v) is 10.5. The summed E-state index contributed by atoms with van der Waals surface area (Å²) in [6, 6.07) is 11.0. The number of piperidine rings is 1. The molecule has 3 N–H and O–H groups in total. The van der Waals surface area contributed by atoms with E-state index in [-0.39, 0.29) is 16.8 Å². The minimum absolute atomic E-state index is 0.000327. The molecule has 0 saturated carbocycles. The molecule has 1 aromatic carbocycles. The van der Waals surface area contributed by atoms with Crippen LogP contribution in [0, 0.1) is 11.8 Å².